The number of likely N-dealkylation sites (tertiary alicyclic amines) is 2. The number of fused-ring (bicyclic) bond motifs is 1. The number of halogens is 1. The molecule has 0 unspecified atom stereocenters. The van der Waals surface area contributed by atoms with Crippen LogP contribution in [0.1, 0.15) is 25.0 Å². The first-order valence-electron chi connectivity index (χ1n) is 9.42. The van der Waals surface area contributed by atoms with Crippen molar-refractivity contribution < 1.29 is 9.59 Å². The highest BCUT2D eigenvalue weighted by Crippen LogP contribution is 2.34. The number of thiophene rings is 1. The van der Waals surface area contributed by atoms with Crippen molar-refractivity contribution in [2.75, 3.05) is 26.2 Å². The summed E-state index contributed by atoms with van der Waals surface area (Å²) in [7, 11) is 0. The predicted octanol–water partition coefficient (Wildman–Crippen LogP) is 3.26. The number of nitrogens with zero attached hydrogens (tertiary/aromatic N) is 3. The van der Waals surface area contributed by atoms with Crippen molar-refractivity contribution in [1.29, 1.82) is 0 Å². The van der Waals surface area contributed by atoms with Gasteiger partial charge in [-0.2, -0.15) is 0 Å². The Morgan fingerprint density at radius 2 is 2.03 bits per heavy atom. The lowest BCUT2D eigenvalue weighted by Gasteiger charge is -2.51. The molecule has 29 heavy (non-hydrogen) atoms. The smallest absolute Gasteiger partial charge is 0.280 e. The standard InChI is InChI=1S/C20H19ClN4O2S2/c1-11-15-6-12(21)2-3-16(15)29-17(11)20(27)25-9-14(10-25)24-7-13(8-24)23-18(26)19-22-4-5-28-19/h2-6,13-14H,7-10H2,1H3,(H,23,26). The SMILES string of the molecule is Cc1c(C(=O)N2CC(N3CC(NC(=O)c4nccs4)C3)C2)sc2ccc(Cl)cc12. The number of carbonyl (C=O) groups excluding carboxylic acids is 2. The van der Waals surface area contributed by atoms with Crippen molar-refractivity contribution in [3.05, 3.63) is 50.2 Å². The summed E-state index contributed by atoms with van der Waals surface area (Å²) in [5.41, 5.74) is 1.01. The van der Waals surface area contributed by atoms with Crippen LogP contribution in [0, 0.1) is 6.92 Å². The Hall–Kier alpha value is -2.00. The van der Waals surface area contributed by atoms with Crippen LogP contribution in [0.15, 0.2) is 29.8 Å². The quantitative estimate of drug-likeness (QED) is 0.668. The van der Waals surface area contributed by atoms with Crippen LogP contribution in [-0.2, 0) is 0 Å². The number of rotatable bonds is 4. The van der Waals surface area contributed by atoms with Crippen LogP contribution in [0.5, 0.6) is 0 Å². The zero-order valence-electron chi connectivity index (χ0n) is 15.7. The van der Waals surface area contributed by atoms with Crippen LogP contribution in [0.4, 0.5) is 0 Å². The maximum Gasteiger partial charge on any atom is 0.280 e. The lowest BCUT2D eigenvalue weighted by Crippen LogP contribution is -2.70. The van der Waals surface area contributed by atoms with Gasteiger partial charge in [0.25, 0.3) is 11.8 Å². The molecule has 4 heterocycles. The summed E-state index contributed by atoms with van der Waals surface area (Å²) in [5, 5.41) is 7.07. The van der Waals surface area contributed by atoms with Gasteiger partial charge in [-0.25, -0.2) is 4.98 Å². The molecule has 1 aromatic carbocycles. The van der Waals surface area contributed by atoms with Gasteiger partial charge in [-0.15, -0.1) is 22.7 Å². The average molecular weight is 447 g/mol. The van der Waals surface area contributed by atoms with E-state index < -0.39 is 0 Å². The number of amides is 2. The second-order valence-electron chi connectivity index (χ2n) is 7.52. The van der Waals surface area contributed by atoms with E-state index in [1.54, 1.807) is 11.6 Å². The van der Waals surface area contributed by atoms with E-state index >= 15 is 0 Å². The molecule has 2 aliphatic heterocycles. The molecule has 0 aliphatic carbocycles. The van der Waals surface area contributed by atoms with Gasteiger partial charge in [-0.05, 0) is 36.1 Å². The molecule has 2 saturated heterocycles. The van der Waals surface area contributed by atoms with Crippen LogP contribution in [-0.4, -0.2) is 64.9 Å². The second-order valence-corrected chi connectivity index (χ2v) is 9.91. The van der Waals surface area contributed by atoms with E-state index in [9.17, 15) is 9.59 Å². The lowest BCUT2D eigenvalue weighted by molar-refractivity contribution is -0.00921. The van der Waals surface area contributed by atoms with Gasteiger partial charge in [-0.1, -0.05) is 11.6 Å². The Bertz CT molecular complexity index is 1090. The molecule has 2 aromatic heterocycles. The fourth-order valence-corrected chi connectivity index (χ4v) is 5.75. The zero-order valence-corrected chi connectivity index (χ0v) is 18.1. The Balaban J connectivity index is 1.15. The summed E-state index contributed by atoms with van der Waals surface area (Å²) in [6.07, 6.45) is 1.64. The molecule has 0 radical (unpaired) electrons. The first-order chi connectivity index (χ1) is 14.0. The summed E-state index contributed by atoms with van der Waals surface area (Å²) in [4.78, 5) is 34.1. The van der Waals surface area contributed by atoms with Gasteiger partial charge in [0.15, 0.2) is 5.01 Å². The van der Waals surface area contributed by atoms with Crippen molar-refractivity contribution in [1.82, 2.24) is 20.1 Å². The minimum atomic E-state index is -0.101. The summed E-state index contributed by atoms with van der Waals surface area (Å²) < 4.78 is 1.09. The first kappa shape index (κ1) is 19.0. The van der Waals surface area contributed by atoms with E-state index in [0.717, 1.165) is 46.7 Å². The minimum Gasteiger partial charge on any atom is -0.345 e. The van der Waals surface area contributed by atoms with Crippen molar-refractivity contribution in [2.24, 2.45) is 0 Å². The van der Waals surface area contributed by atoms with E-state index in [1.807, 2.05) is 30.0 Å². The van der Waals surface area contributed by atoms with Crippen LogP contribution in [0.2, 0.25) is 5.02 Å². The third kappa shape index (κ3) is 3.44. The minimum absolute atomic E-state index is 0.101. The molecule has 2 aliphatic rings. The molecule has 9 heteroatoms. The van der Waals surface area contributed by atoms with E-state index in [4.69, 9.17) is 11.6 Å². The maximum absolute atomic E-state index is 12.9. The molecule has 0 bridgehead atoms. The highest BCUT2D eigenvalue weighted by molar-refractivity contribution is 7.21. The van der Waals surface area contributed by atoms with Gasteiger partial charge in [0.2, 0.25) is 0 Å². The largest absolute Gasteiger partial charge is 0.345 e. The number of nitrogens with one attached hydrogen (secondary N) is 1. The number of thiazole rings is 1. The molecular formula is C20H19ClN4O2S2. The third-order valence-corrected chi connectivity index (χ3v) is 7.90. The van der Waals surface area contributed by atoms with Gasteiger partial charge in [-0.3, -0.25) is 14.5 Å². The topological polar surface area (TPSA) is 65.5 Å². The highest BCUT2D eigenvalue weighted by atomic mass is 35.5. The van der Waals surface area contributed by atoms with Gasteiger partial charge in [0.05, 0.1) is 10.9 Å². The predicted molar refractivity (Wildman–Crippen MR) is 116 cm³/mol. The molecule has 0 atom stereocenters. The van der Waals surface area contributed by atoms with Crippen molar-refractivity contribution >= 4 is 56.2 Å². The number of hydrogen-bond acceptors (Lipinski definition) is 6. The Morgan fingerprint density at radius 3 is 2.76 bits per heavy atom. The normalized spacial score (nSPS) is 17.9. The van der Waals surface area contributed by atoms with Crippen molar-refractivity contribution in [2.45, 2.75) is 19.0 Å². The number of benzene rings is 1. The molecule has 2 amide bonds. The molecule has 0 spiro atoms. The summed E-state index contributed by atoms with van der Waals surface area (Å²) in [5.74, 6) is 0.000576. The molecule has 0 saturated carbocycles. The van der Waals surface area contributed by atoms with Gasteiger partial charge in [0.1, 0.15) is 0 Å². The fraction of sp³-hybridized carbons (Fsp3) is 0.350. The van der Waals surface area contributed by atoms with Gasteiger partial charge in [0, 0.05) is 53.5 Å². The molecule has 2 fully saturated rings. The monoisotopic (exact) mass is 446 g/mol. The Kier molecular flexibility index (Phi) is 4.82. The third-order valence-electron chi connectivity index (χ3n) is 5.63. The molecule has 6 nitrogen and oxygen atoms in total. The van der Waals surface area contributed by atoms with E-state index in [1.165, 1.54) is 22.7 Å². The van der Waals surface area contributed by atoms with E-state index in [0.29, 0.717) is 16.1 Å². The number of carbonyl (C=O) groups is 2. The number of aromatic nitrogens is 1. The summed E-state index contributed by atoms with van der Waals surface area (Å²) in [6, 6.07) is 6.30. The van der Waals surface area contributed by atoms with Crippen LogP contribution >= 0.6 is 34.3 Å². The van der Waals surface area contributed by atoms with Gasteiger partial charge >= 0.3 is 0 Å². The summed E-state index contributed by atoms with van der Waals surface area (Å²) >= 11 is 8.99. The summed E-state index contributed by atoms with van der Waals surface area (Å²) in [6.45, 7) is 5.11. The Labute approximate surface area is 181 Å². The molecule has 5 rings (SSSR count). The maximum atomic E-state index is 12.9. The van der Waals surface area contributed by atoms with Crippen LogP contribution in [0.3, 0.4) is 0 Å². The Morgan fingerprint density at radius 1 is 1.24 bits per heavy atom. The van der Waals surface area contributed by atoms with Crippen LogP contribution in [0.25, 0.3) is 10.1 Å². The van der Waals surface area contributed by atoms with Crippen molar-refractivity contribution in [3.8, 4) is 0 Å². The van der Waals surface area contributed by atoms with E-state index in [2.05, 4.69) is 15.2 Å². The number of aryl methyl sites for hydroxylation is 1. The van der Waals surface area contributed by atoms with Gasteiger partial charge < -0.3 is 10.2 Å². The van der Waals surface area contributed by atoms with E-state index in [-0.39, 0.29) is 17.9 Å². The molecule has 3 aromatic rings. The zero-order chi connectivity index (χ0) is 20.1. The average Bonchev–Trinajstić information content (AvgIpc) is 3.27. The number of hydrogen-bond donors (Lipinski definition) is 1. The fourth-order valence-electron chi connectivity index (χ4n) is 3.88. The molecule has 1 N–H and O–H groups in total. The first-order valence-corrected chi connectivity index (χ1v) is 11.5. The lowest BCUT2D eigenvalue weighted by atomic mass is 9.99. The van der Waals surface area contributed by atoms with Crippen molar-refractivity contribution in [3.63, 3.8) is 0 Å². The molecular weight excluding hydrogens is 428 g/mol. The second kappa shape index (κ2) is 7.36. The van der Waals surface area contributed by atoms with Crippen LogP contribution < -0.4 is 5.32 Å². The molecule has 150 valence electrons. The highest BCUT2D eigenvalue weighted by Gasteiger charge is 2.41.